The zero-order valence-corrected chi connectivity index (χ0v) is 95.1. The number of fused-ring (bicyclic) bond motifs is 28. The van der Waals surface area contributed by atoms with E-state index in [1.807, 2.05) is 0 Å². The Bertz CT molecular complexity index is 9810. The van der Waals surface area contributed by atoms with Crippen LogP contribution in [0.1, 0.15) is 318 Å². The van der Waals surface area contributed by atoms with Crippen molar-refractivity contribution in [2.75, 3.05) is 0 Å². The van der Waals surface area contributed by atoms with E-state index in [0.29, 0.717) is 0 Å². The van der Waals surface area contributed by atoms with Gasteiger partial charge in [0.05, 0.1) is 102 Å². The number of allylic oxidation sites excluding steroid dienone is 4. The van der Waals surface area contributed by atoms with E-state index in [1.165, 1.54) is 206 Å². The molecular weight excluding hydrogens is 1790 g/mol. The lowest BCUT2D eigenvalue weighted by atomic mass is 9.95. The second-order valence-electron chi connectivity index (χ2n) is 44.2. The Morgan fingerprint density at radius 3 is 0.548 bits per heavy atom. The smallest absolute Gasteiger partial charge is 0.0951 e. The van der Waals surface area contributed by atoms with Gasteiger partial charge >= 0.3 is 0 Å². The molecule has 20 rings (SSSR count). The van der Waals surface area contributed by atoms with Crippen LogP contribution in [0.4, 0.5) is 0 Å². The SMILES string of the molecule is CC1=C(C)[C@H]2N=C1C(C#C/C1=c3/[nH]/c(c(C)c3C)=C(/C)[C@@H]3N=C(C(C)=C3C)C(C)=c3[nH]c(c(C)c3C)=C(C)c3[nH]c1c(C)c3C)=c1[nH]c(c(C)c1C)=C(C)c1[nH]c(c(C)c1C)/C(C)=c1\[nH]/c(c(C)c1C)=C\2C.CC1=C(C)[C@H]2N=C1C(C#CC#C/C1=c3/[nH]/c(c(C)c3C)=C(/C)[C@@H]3N=C(C(C)=C3C)C(C)=c3[nH]c(c(C)c3C)=C(C)c3[nH]c1c(C)c3C)=c1[nH]c(c(C)c1C)=C(C)c1[nH]c(c(C)c1C)/C(C)=c1\[nH]/c(c(C)c1C)=C\2C. The van der Waals surface area contributed by atoms with Crippen molar-refractivity contribution in [1.29, 1.82) is 0 Å². The van der Waals surface area contributed by atoms with Crippen LogP contribution in [0.15, 0.2) is 64.6 Å². The van der Waals surface area contributed by atoms with Gasteiger partial charge in [-0.05, 0) is 573 Å². The molecule has 12 aromatic heterocycles. The Balaban J connectivity index is 0.000000184. The Morgan fingerprint density at radius 2 is 0.288 bits per heavy atom. The third kappa shape index (κ3) is 14.7. The van der Waals surface area contributed by atoms with E-state index >= 15 is 0 Å². The average Bonchev–Trinajstić information content (AvgIpc) is 1.60. The molecule has 0 amide bonds. The van der Waals surface area contributed by atoms with Crippen LogP contribution in [-0.4, -0.2) is 107 Å². The van der Waals surface area contributed by atoms with Crippen molar-refractivity contribution < 1.29 is 0 Å². The monoisotopic (exact) mass is 1930 g/mol. The summed E-state index contributed by atoms with van der Waals surface area (Å²) in [7, 11) is 0. The molecule has 8 aliphatic rings. The number of hydrogen-bond donors (Lipinski definition) is 12. The number of aromatic amines is 12. The van der Waals surface area contributed by atoms with Crippen molar-refractivity contribution in [3.05, 3.63) is 309 Å². The van der Waals surface area contributed by atoms with Gasteiger partial charge in [-0.3, -0.25) is 20.0 Å². The number of hydrogen-bond acceptors (Lipinski definition) is 4. The van der Waals surface area contributed by atoms with Crippen LogP contribution in [0.5, 0.6) is 0 Å². The summed E-state index contributed by atoms with van der Waals surface area (Å²) in [4.78, 5) is 69.8. The van der Waals surface area contributed by atoms with Crippen LogP contribution in [0.25, 0.3) is 89.2 Å². The molecule has 8 aliphatic heterocycles. The first kappa shape index (κ1) is 100. The number of aromatic nitrogens is 12. The van der Waals surface area contributed by atoms with E-state index in [1.54, 1.807) is 0 Å². The van der Waals surface area contributed by atoms with Gasteiger partial charge in [-0.2, -0.15) is 0 Å². The standard InChI is InChI=1S/C66H74N8.C64H74N8/c1-27-31(5)55-45(19)59-35(9)39(13)63(71-59)49(64-40(14)36(10)60(72-64)46(20)56-32(6)28(2)52(68-56)43(17)51(27)67-55)25-23-24-26-50-65-41(15)37(11)61(73-65)47(21)57-33(7)29(3)53(69-57)44(18)54-30(4)34(8)58(70-54)48(22)62-38(12)42(16)66(50)74-62;1-25-29(5)53-43(19)57-33(9)37(13)61(69-57)47(62-38(14)34(10)58(70-62)44(20)54-30(6)26(2)50(66-54)41(17)49(25)65-53)23-24-48-63-39(15)35(11)59(71-63)45(21)55-31(7)27(3)51(67-55)42(18)52-28(4)32(8)56(68-52)46(22)60-36(12)40(16)64(48)72-60/h55,61,68-72,74H,1-22H3;53,59,66-70,72H,1-22H3/b52-43?,53-44-,56-46?,57-47-,59-45-,62-48?,63-49-,66-50?;50-41?,51-42-,54-44?,55-45-,57-43-,60-46?,61-47-,64-48?/t55-,61-;53-,59-/m11/s1. The Morgan fingerprint density at radius 1 is 0.130 bits per heavy atom. The molecule has 0 spiro atoms. The number of nitrogens with zero attached hydrogens (tertiary/aromatic N) is 4. The zero-order valence-electron chi connectivity index (χ0n) is 95.1. The lowest BCUT2D eigenvalue weighted by molar-refractivity contribution is 0.964. The first-order chi connectivity index (χ1) is 68.8. The maximum atomic E-state index is 5.74. The third-order valence-corrected chi connectivity index (χ3v) is 37.1. The molecule has 146 heavy (non-hydrogen) atoms. The summed E-state index contributed by atoms with van der Waals surface area (Å²) in [5, 5.41) is 17.5. The second kappa shape index (κ2) is 35.8. The maximum Gasteiger partial charge on any atom is 0.0951 e. The fourth-order valence-corrected chi connectivity index (χ4v) is 25.2. The molecule has 20 heterocycles. The fraction of sp³-hybridized carbons (Fsp3) is 0.369. The van der Waals surface area contributed by atoms with Gasteiger partial charge in [0.2, 0.25) is 0 Å². The number of rotatable bonds is 0. The predicted octanol–water partition coefficient (Wildman–Crippen LogP) is 15.9. The van der Waals surface area contributed by atoms with Gasteiger partial charge in [0.1, 0.15) is 0 Å². The van der Waals surface area contributed by atoms with Gasteiger partial charge < -0.3 is 59.8 Å². The van der Waals surface area contributed by atoms with Crippen molar-refractivity contribution in [3.8, 4) is 35.5 Å². The molecule has 4 atom stereocenters. The second-order valence-corrected chi connectivity index (χ2v) is 44.2. The van der Waals surface area contributed by atoms with Crippen molar-refractivity contribution in [3.63, 3.8) is 0 Å². The van der Waals surface area contributed by atoms with E-state index in [-0.39, 0.29) is 24.2 Å². The molecule has 32 bridgehead atoms. The lowest BCUT2D eigenvalue weighted by Gasteiger charge is -2.10. The van der Waals surface area contributed by atoms with Crippen LogP contribution in [-0.2, 0) is 0 Å². The molecule has 0 unspecified atom stereocenters. The predicted molar refractivity (Wildman–Crippen MR) is 614 cm³/mol. The first-order valence-corrected chi connectivity index (χ1v) is 52.2. The van der Waals surface area contributed by atoms with Crippen LogP contribution >= 0.6 is 0 Å². The summed E-state index contributed by atoms with van der Waals surface area (Å²) in [6.45, 7) is 98.3. The third-order valence-electron chi connectivity index (χ3n) is 37.1. The van der Waals surface area contributed by atoms with Crippen LogP contribution in [0.3, 0.4) is 0 Å². The highest BCUT2D eigenvalue weighted by Crippen LogP contribution is 2.39. The summed E-state index contributed by atoms with van der Waals surface area (Å²) in [5.74, 6) is 22.2. The minimum absolute atomic E-state index is 0.0824. The Kier molecular flexibility index (Phi) is 24.6. The van der Waals surface area contributed by atoms with E-state index in [2.05, 4.69) is 400 Å². The molecule has 0 fully saturated rings. The highest BCUT2D eigenvalue weighted by Gasteiger charge is 2.36. The van der Waals surface area contributed by atoms with E-state index < -0.39 is 0 Å². The topological polar surface area (TPSA) is 239 Å². The quantitative estimate of drug-likeness (QED) is 0.0635. The molecule has 0 saturated carbocycles. The zero-order chi connectivity index (χ0) is 106. The van der Waals surface area contributed by atoms with Crippen molar-refractivity contribution >= 4 is 112 Å². The molecule has 0 saturated heterocycles. The first-order valence-electron chi connectivity index (χ1n) is 52.2. The lowest BCUT2D eigenvalue weighted by Crippen LogP contribution is -2.22. The normalized spacial score (nSPS) is 20.9. The molecular formula is C130H148N16. The maximum absolute atomic E-state index is 5.74. The molecule has 16 nitrogen and oxygen atoms in total. The van der Waals surface area contributed by atoms with Crippen LogP contribution in [0, 0.1) is 202 Å². The van der Waals surface area contributed by atoms with Crippen molar-refractivity contribution in [2.24, 2.45) is 20.0 Å². The Hall–Kier alpha value is -14.4. The summed E-state index contributed by atoms with van der Waals surface area (Å²) >= 11 is 0. The average molecular weight is 1930 g/mol. The summed E-state index contributed by atoms with van der Waals surface area (Å²) < 4.78 is 0. The summed E-state index contributed by atoms with van der Waals surface area (Å²) in [6, 6.07) is -0.468. The van der Waals surface area contributed by atoms with Gasteiger partial charge in [0, 0.05) is 98.4 Å². The van der Waals surface area contributed by atoms with Crippen LogP contribution < -0.4 is 85.6 Å². The largest absolute Gasteiger partial charge is 0.355 e. The summed E-state index contributed by atoms with van der Waals surface area (Å²) in [5.41, 5.74) is 69.6. The Labute approximate surface area is 859 Å². The van der Waals surface area contributed by atoms with E-state index in [0.717, 1.165) is 215 Å². The van der Waals surface area contributed by atoms with E-state index in [9.17, 15) is 0 Å². The van der Waals surface area contributed by atoms with Gasteiger partial charge in [0.15, 0.2) is 0 Å². The van der Waals surface area contributed by atoms with Gasteiger partial charge in [-0.15, -0.1) is 0 Å². The molecule has 12 aromatic rings. The van der Waals surface area contributed by atoms with Gasteiger partial charge in [-0.25, -0.2) is 0 Å². The van der Waals surface area contributed by atoms with Gasteiger partial charge in [0.25, 0.3) is 0 Å². The van der Waals surface area contributed by atoms with E-state index in [4.69, 9.17) is 20.0 Å². The molecule has 0 aromatic carbocycles. The minimum Gasteiger partial charge on any atom is -0.355 e. The highest BCUT2D eigenvalue weighted by atomic mass is 14.9. The molecule has 0 aliphatic carbocycles. The van der Waals surface area contributed by atoms with Crippen molar-refractivity contribution in [2.45, 2.75) is 329 Å². The van der Waals surface area contributed by atoms with Gasteiger partial charge in [-0.1, -0.05) is 11.8 Å². The highest BCUT2D eigenvalue weighted by molar-refractivity contribution is 6.34. The van der Waals surface area contributed by atoms with Crippen molar-refractivity contribution in [1.82, 2.24) is 59.8 Å². The molecule has 748 valence electrons. The number of aliphatic imine (C=N–C) groups is 4. The minimum atomic E-state index is -0.152. The summed E-state index contributed by atoms with van der Waals surface area (Å²) in [6.07, 6.45) is 0. The molecule has 16 heteroatoms. The molecule has 12 N–H and O–H groups in total. The molecule has 0 radical (unpaired) electrons. The number of H-pyrrole nitrogens is 12. The number of nitrogens with one attached hydrogen (secondary N) is 12. The fourth-order valence-electron chi connectivity index (χ4n) is 25.2. The van der Waals surface area contributed by atoms with Crippen LogP contribution in [0.2, 0.25) is 0 Å².